The number of ether oxygens (including phenoxy) is 1. The summed E-state index contributed by atoms with van der Waals surface area (Å²) in [5.74, 6) is 1.32. The molecule has 0 saturated heterocycles. The molecule has 0 aromatic carbocycles. The number of nitrogens with zero attached hydrogens (tertiary/aromatic N) is 1. The maximum absolute atomic E-state index is 5.83. The molecule has 0 bridgehead atoms. The molecule has 0 fully saturated rings. The van der Waals surface area contributed by atoms with Crippen LogP contribution in [0.2, 0.25) is 0 Å². The smallest absolute Gasteiger partial charge is 0.127 e. The third-order valence-electron chi connectivity index (χ3n) is 2.25. The van der Waals surface area contributed by atoms with Crippen LogP contribution in [0.5, 0.6) is 5.75 Å². The maximum Gasteiger partial charge on any atom is 0.127 e. The topological polar surface area (TPSA) is 22.1 Å². The van der Waals surface area contributed by atoms with Crippen LogP contribution >= 0.6 is 11.6 Å². The average Bonchev–Trinajstić information content (AvgIpc) is 2.18. The molecule has 3 heteroatoms. The Morgan fingerprint density at radius 3 is 2.87 bits per heavy atom. The molecule has 0 N–H and O–H groups in total. The Hall–Kier alpha value is -0.760. The molecule has 1 atom stereocenters. The van der Waals surface area contributed by atoms with Crippen LogP contribution < -0.4 is 4.74 Å². The summed E-state index contributed by atoms with van der Waals surface area (Å²) in [7, 11) is 0. The zero-order valence-corrected chi connectivity index (χ0v) is 10.3. The van der Waals surface area contributed by atoms with Gasteiger partial charge < -0.3 is 4.74 Å². The van der Waals surface area contributed by atoms with Gasteiger partial charge >= 0.3 is 0 Å². The molecule has 1 unspecified atom stereocenters. The van der Waals surface area contributed by atoms with Gasteiger partial charge in [0.15, 0.2) is 0 Å². The second-order valence-electron chi connectivity index (χ2n) is 3.78. The van der Waals surface area contributed by atoms with Crippen LogP contribution in [-0.2, 0) is 5.88 Å². The van der Waals surface area contributed by atoms with Crippen molar-refractivity contribution >= 4 is 11.6 Å². The minimum Gasteiger partial charge on any atom is -0.490 e. The minimum absolute atomic E-state index is 0.235. The average molecular weight is 228 g/mol. The van der Waals surface area contributed by atoms with E-state index in [9.17, 15) is 0 Å². The van der Waals surface area contributed by atoms with E-state index in [0.29, 0.717) is 5.88 Å². The SMILES string of the molecule is CCCC(C)Oc1cc(C)ncc1CCl. The molecule has 1 aromatic heterocycles. The minimum atomic E-state index is 0.235. The second kappa shape index (κ2) is 5.96. The van der Waals surface area contributed by atoms with Crippen molar-refractivity contribution in [1.82, 2.24) is 4.98 Å². The van der Waals surface area contributed by atoms with Crippen molar-refractivity contribution < 1.29 is 4.74 Å². The van der Waals surface area contributed by atoms with Crippen molar-refractivity contribution in [2.45, 2.75) is 45.6 Å². The third kappa shape index (κ3) is 3.71. The van der Waals surface area contributed by atoms with Crippen LogP contribution in [-0.4, -0.2) is 11.1 Å². The van der Waals surface area contributed by atoms with E-state index in [0.717, 1.165) is 29.8 Å². The Morgan fingerprint density at radius 2 is 2.27 bits per heavy atom. The summed E-state index contributed by atoms with van der Waals surface area (Å²) in [6, 6.07) is 1.95. The van der Waals surface area contributed by atoms with Gasteiger partial charge in [0, 0.05) is 23.5 Å². The molecule has 0 aliphatic heterocycles. The van der Waals surface area contributed by atoms with Crippen molar-refractivity contribution in [3.8, 4) is 5.75 Å². The molecule has 0 radical (unpaired) electrons. The van der Waals surface area contributed by atoms with Crippen LogP contribution in [0.1, 0.15) is 37.9 Å². The number of aromatic nitrogens is 1. The Morgan fingerprint density at radius 1 is 1.53 bits per heavy atom. The maximum atomic E-state index is 5.83. The number of rotatable bonds is 5. The molecule has 15 heavy (non-hydrogen) atoms. The molecule has 2 nitrogen and oxygen atoms in total. The van der Waals surface area contributed by atoms with E-state index < -0.39 is 0 Å². The highest BCUT2D eigenvalue weighted by molar-refractivity contribution is 6.17. The lowest BCUT2D eigenvalue weighted by atomic mass is 10.2. The first-order valence-electron chi connectivity index (χ1n) is 5.35. The van der Waals surface area contributed by atoms with Gasteiger partial charge in [-0.15, -0.1) is 11.6 Å². The molecular formula is C12H18ClNO. The summed E-state index contributed by atoms with van der Waals surface area (Å²) in [6.45, 7) is 6.19. The predicted molar refractivity (Wildman–Crippen MR) is 63.5 cm³/mol. The lowest BCUT2D eigenvalue weighted by Gasteiger charge is -2.16. The van der Waals surface area contributed by atoms with Gasteiger partial charge in [-0.2, -0.15) is 0 Å². The van der Waals surface area contributed by atoms with Crippen molar-refractivity contribution in [3.63, 3.8) is 0 Å². The molecule has 0 aliphatic carbocycles. The van der Waals surface area contributed by atoms with Crippen LogP contribution in [0.4, 0.5) is 0 Å². The lowest BCUT2D eigenvalue weighted by molar-refractivity contribution is 0.208. The molecule has 0 aliphatic rings. The van der Waals surface area contributed by atoms with Crippen molar-refractivity contribution in [3.05, 3.63) is 23.5 Å². The number of aryl methyl sites for hydroxylation is 1. The normalized spacial score (nSPS) is 12.5. The van der Waals surface area contributed by atoms with E-state index in [1.54, 1.807) is 6.20 Å². The molecular weight excluding hydrogens is 210 g/mol. The number of hydrogen-bond donors (Lipinski definition) is 0. The molecule has 0 saturated carbocycles. The molecule has 1 heterocycles. The number of halogens is 1. The zero-order valence-electron chi connectivity index (χ0n) is 9.59. The fourth-order valence-corrected chi connectivity index (χ4v) is 1.66. The van der Waals surface area contributed by atoms with E-state index in [1.165, 1.54) is 0 Å². The van der Waals surface area contributed by atoms with Gasteiger partial charge in [-0.1, -0.05) is 13.3 Å². The highest BCUT2D eigenvalue weighted by atomic mass is 35.5. The summed E-state index contributed by atoms with van der Waals surface area (Å²) < 4.78 is 5.83. The number of pyridine rings is 1. The van der Waals surface area contributed by atoms with Gasteiger partial charge in [0.25, 0.3) is 0 Å². The Labute approximate surface area is 96.6 Å². The molecule has 1 rings (SSSR count). The van der Waals surface area contributed by atoms with Gasteiger partial charge in [0.05, 0.1) is 12.0 Å². The van der Waals surface area contributed by atoms with Crippen LogP contribution in [0.3, 0.4) is 0 Å². The highest BCUT2D eigenvalue weighted by Crippen LogP contribution is 2.22. The molecule has 84 valence electrons. The lowest BCUT2D eigenvalue weighted by Crippen LogP contribution is -2.12. The molecule has 0 spiro atoms. The summed E-state index contributed by atoms with van der Waals surface area (Å²) in [6.07, 6.45) is 4.21. The quantitative estimate of drug-likeness (QED) is 0.716. The predicted octanol–water partition coefficient (Wildman–Crippen LogP) is 3.70. The van der Waals surface area contributed by atoms with Gasteiger partial charge in [-0.25, -0.2) is 0 Å². The first kappa shape index (κ1) is 12.3. The van der Waals surface area contributed by atoms with E-state index >= 15 is 0 Å². The van der Waals surface area contributed by atoms with Crippen molar-refractivity contribution in [2.75, 3.05) is 0 Å². The standard InChI is InChI=1S/C12H18ClNO/c1-4-5-10(3)15-12-6-9(2)14-8-11(12)7-13/h6,8,10H,4-5,7H2,1-3H3. The van der Waals surface area contributed by atoms with Gasteiger partial charge in [-0.3, -0.25) is 4.98 Å². The Bertz CT molecular complexity index is 314. The van der Waals surface area contributed by atoms with Gasteiger partial charge in [-0.05, 0) is 20.3 Å². The fraction of sp³-hybridized carbons (Fsp3) is 0.583. The van der Waals surface area contributed by atoms with Crippen molar-refractivity contribution in [2.24, 2.45) is 0 Å². The van der Waals surface area contributed by atoms with Gasteiger partial charge in [0.2, 0.25) is 0 Å². The second-order valence-corrected chi connectivity index (χ2v) is 4.05. The zero-order chi connectivity index (χ0) is 11.3. The van der Waals surface area contributed by atoms with E-state index in [2.05, 4.69) is 18.8 Å². The first-order chi connectivity index (χ1) is 7.17. The summed E-state index contributed by atoms with van der Waals surface area (Å²) in [5.41, 5.74) is 1.92. The van der Waals surface area contributed by atoms with E-state index in [4.69, 9.17) is 16.3 Å². The summed E-state index contributed by atoms with van der Waals surface area (Å²) in [4.78, 5) is 4.20. The number of alkyl halides is 1. The highest BCUT2D eigenvalue weighted by Gasteiger charge is 2.08. The monoisotopic (exact) mass is 227 g/mol. The largest absolute Gasteiger partial charge is 0.490 e. The Balaban J connectivity index is 2.77. The van der Waals surface area contributed by atoms with E-state index in [1.807, 2.05) is 13.0 Å². The third-order valence-corrected chi connectivity index (χ3v) is 2.54. The first-order valence-corrected chi connectivity index (χ1v) is 5.89. The Kier molecular flexibility index (Phi) is 4.89. The van der Waals surface area contributed by atoms with Crippen molar-refractivity contribution in [1.29, 1.82) is 0 Å². The van der Waals surface area contributed by atoms with Gasteiger partial charge in [0.1, 0.15) is 5.75 Å². The summed E-state index contributed by atoms with van der Waals surface area (Å²) in [5, 5.41) is 0. The van der Waals surface area contributed by atoms with E-state index in [-0.39, 0.29) is 6.10 Å². The number of hydrogen-bond acceptors (Lipinski definition) is 2. The molecule has 1 aromatic rings. The van der Waals surface area contributed by atoms with Crippen LogP contribution in [0, 0.1) is 6.92 Å². The summed E-state index contributed by atoms with van der Waals surface area (Å²) >= 11 is 5.82. The fourth-order valence-electron chi connectivity index (χ4n) is 1.46. The van der Waals surface area contributed by atoms with Crippen LogP contribution in [0.25, 0.3) is 0 Å². The van der Waals surface area contributed by atoms with Crippen LogP contribution in [0.15, 0.2) is 12.3 Å². The molecule has 0 amide bonds.